The second kappa shape index (κ2) is 4.15. The Morgan fingerprint density at radius 2 is 1.94 bits per heavy atom. The molecule has 0 radical (unpaired) electrons. The molecule has 0 unspecified atom stereocenters. The van der Waals surface area contributed by atoms with Crippen LogP contribution in [0.25, 0.3) is 16.9 Å². The van der Waals surface area contributed by atoms with Gasteiger partial charge in [-0.25, -0.2) is 4.39 Å². The minimum atomic E-state index is -0.313. The maximum absolute atomic E-state index is 13.7. The van der Waals surface area contributed by atoms with Crippen molar-refractivity contribution in [3.63, 3.8) is 0 Å². The molecule has 3 aromatic rings. The van der Waals surface area contributed by atoms with Crippen LogP contribution in [0.2, 0.25) is 0 Å². The van der Waals surface area contributed by atoms with E-state index in [1.807, 2.05) is 0 Å². The van der Waals surface area contributed by atoms with Gasteiger partial charge < -0.3 is 5.73 Å². The van der Waals surface area contributed by atoms with Crippen LogP contribution in [0.15, 0.2) is 36.4 Å². The number of hydrogen-bond acceptors (Lipinski definition) is 4. The van der Waals surface area contributed by atoms with Crippen molar-refractivity contribution in [1.29, 1.82) is 0 Å². The van der Waals surface area contributed by atoms with Crippen LogP contribution in [-0.4, -0.2) is 19.8 Å². The number of fused-ring (bicyclic) bond motifs is 1. The van der Waals surface area contributed by atoms with Gasteiger partial charge in [-0.3, -0.25) is 0 Å². The zero-order chi connectivity index (χ0) is 12.5. The van der Waals surface area contributed by atoms with Crippen molar-refractivity contribution < 1.29 is 4.39 Å². The molecular weight excluding hydrogens is 233 g/mol. The molecule has 1 aromatic carbocycles. The average molecular weight is 243 g/mol. The fourth-order valence-electron chi connectivity index (χ4n) is 1.77. The lowest BCUT2D eigenvalue weighted by atomic mass is 10.1. The van der Waals surface area contributed by atoms with Gasteiger partial charge in [0, 0.05) is 5.56 Å². The smallest absolute Gasteiger partial charge is 0.177 e. The van der Waals surface area contributed by atoms with Crippen molar-refractivity contribution in [2.75, 3.05) is 0 Å². The first kappa shape index (κ1) is 10.8. The van der Waals surface area contributed by atoms with Gasteiger partial charge in [0.1, 0.15) is 5.82 Å². The van der Waals surface area contributed by atoms with E-state index in [2.05, 4.69) is 15.3 Å². The van der Waals surface area contributed by atoms with E-state index in [-0.39, 0.29) is 12.4 Å². The van der Waals surface area contributed by atoms with Crippen LogP contribution < -0.4 is 5.73 Å². The number of halogens is 1. The summed E-state index contributed by atoms with van der Waals surface area (Å²) in [5.41, 5.74) is 7.10. The molecule has 90 valence electrons. The van der Waals surface area contributed by atoms with Crippen LogP contribution in [0, 0.1) is 5.82 Å². The standard InChI is InChI=1S/C12H10FN5/c13-9-4-2-1-3-8(9)10-5-6-11-15-16-12(7-14)18(11)17-10/h1-6H,7,14H2. The van der Waals surface area contributed by atoms with Crippen LogP contribution >= 0.6 is 0 Å². The molecule has 3 rings (SSSR count). The van der Waals surface area contributed by atoms with Gasteiger partial charge in [-0.1, -0.05) is 12.1 Å². The Bertz CT molecular complexity index is 707. The van der Waals surface area contributed by atoms with Gasteiger partial charge >= 0.3 is 0 Å². The molecular formula is C12H10FN5. The maximum Gasteiger partial charge on any atom is 0.177 e. The molecule has 0 spiro atoms. The van der Waals surface area contributed by atoms with Gasteiger partial charge in [0.15, 0.2) is 11.5 Å². The molecule has 0 aliphatic carbocycles. The highest BCUT2D eigenvalue weighted by molar-refractivity contribution is 5.60. The first-order valence-corrected chi connectivity index (χ1v) is 5.46. The third kappa shape index (κ3) is 1.63. The number of aromatic nitrogens is 4. The van der Waals surface area contributed by atoms with Crippen LogP contribution in [0.3, 0.4) is 0 Å². The predicted molar refractivity (Wildman–Crippen MR) is 64.1 cm³/mol. The topological polar surface area (TPSA) is 69.1 Å². The van der Waals surface area contributed by atoms with Gasteiger partial charge in [-0.2, -0.15) is 9.61 Å². The molecule has 0 saturated carbocycles. The van der Waals surface area contributed by atoms with Crippen molar-refractivity contribution in [1.82, 2.24) is 19.8 Å². The Labute approximate surface area is 102 Å². The zero-order valence-electron chi connectivity index (χ0n) is 9.42. The summed E-state index contributed by atoms with van der Waals surface area (Å²) in [6.45, 7) is 0.231. The molecule has 0 bridgehead atoms. The first-order valence-electron chi connectivity index (χ1n) is 5.46. The van der Waals surface area contributed by atoms with Crippen molar-refractivity contribution >= 4 is 5.65 Å². The van der Waals surface area contributed by atoms with Crippen LogP contribution in [0.1, 0.15) is 5.82 Å². The minimum Gasteiger partial charge on any atom is -0.324 e. The first-order chi connectivity index (χ1) is 8.79. The van der Waals surface area contributed by atoms with Crippen molar-refractivity contribution in [2.45, 2.75) is 6.54 Å². The van der Waals surface area contributed by atoms with Crippen LogP contribution in [0.4, 0.5) is 4.39 Å². The Balaban J connectivity index is 2.21. The predicted octanol–water partition coefficient (Wildman–Crippen LogP) is 1.39. The molecule has 2 aromatic heterocycles. The Morgan fingerprint density at radius 1 is 1.11 bits per heavy atom. The van der Waals surface area contributed by atoms with E-state index in [1.165, 1.54) is 10.6 Å². The van der Waals surface area contributed by atoms with Gasteiger partial charge in [0.25, 0.3) is 0 Å². The van der Waals surface area contributed by atoms with Gasteiger partial charge in [0.2, 0.25) is 0 Å². The Morgan fingerprint density at radius 3 is 2.72 bits per heavy atom. The summed E-state index contributed by atoms with van der Waals surface area (Å²) in [5, 5.41) is 12.1. The summed E-state index contributed by atoms with van der Waals surface area (Å²) >= 11 is 0. The third-order valence-electron chi connectivity index (χ3n) is 2.66. The van der Waals surface area contributed by atoms with Gasteiger partial charge in [-0.15, -0.1) is 10.2 Å². The van der Waals surface area contributed by atoms with Crippen LogP contribution in [0.5, 0.6) is 0 Å². The fraction of sp³-hybridized carbons (Fsp3) is 0.0833. The lowest BCUT2D eigenvalue weighted by Crippen LogP contribution is -2.05. The quantitative estimate of drug-likeness (QED) is 0.738. The zero-order valence-corrected chi connectivity index (χ0v) is 9.42. The van der Waals surface area contributed by atoms with E-state index < -0.39 is 0 Å². The van der Waals surface area contributed by atoms with E-state index in [1.54, 1.807) is 30.3 Å². The number of benzene rings is 1. The summed E-state index contributed by atoms with van der Waals surface area (Å²) in [4.78, 5) is 0. The highest BCUT2D eigenvalue weighted by atomic mass is 19.1. The molecule has 0 fully saturated rings. The van der Waals surface area contributed by atoms with Crippen molar-refractivity contribution in [3.05, 3.63) is 48.0 Å². The molecule has 0 atom stereocenters. The van der Waals surface area contributed by atoms with Gasteiger partial charge in [-0.05, 0) is 24.3 Å². The monoisotopic (exact) mass is 243 g/mol. The van der Waals surface area contributed by atoms with E-state index in [0.29, 0.717) is 22.7 Å². The molecule has 6 heteroatoms. The Hall–Kier alpha value is -2.34. The molecule has 0 aliphatic heterocycles. The van der Waals surface area contributed by atoms with E-state index in [4.69, 9.17) is 5.73 Å². The summed E-state index contributed by atoms with van der Waals surface area (Å²) in [6, 6.07) is 9.93. The minimum absolute atomic E-state index is 0.231. The summed E-state index contributed by atoms with van der Waals surface area (Å²) in [6.07, 6.45) is 0. The Kier molecular flexibility index (Phi) is 2.49. The highest BCUT2D eigenvalue weighted by Crippen LogP contribution is 2.20. The fourth-order valence-corrected chi connectivity index (χ4v) is 1.77. The van der Waals surface area contributed by atoms with Crippen molar-refractivity contribution in [3.8, 4) is 11.3 Å². The molecule has 2 heterocycles. The molecule has 0 aliphatic rings. The molecule has 0 saturated heterocycles. The number of nitrogens with two attached hydrogens (primary N) is 1. The maximum atomic E-state index is 13.7. The van der Waals surface area contributed by atoms with Crippen LogP contribution in [-0.2, 0) is 6.54 Å². The lowest BCUT2D eigenvalue weighted by Gasteiger charge is -2.03. The van der Waals surface area contributed by atoms with E-state index in [9.17, 15) is 4.39 Å². The SMILES string of the molecule is NCc1nnc2ccc(-c3ccccc3F)nn12. The van der Waals surface area contributed by atoms with E-state index in [0.717, 1.165) is 0 Å². The summed E-state index contributed by atoms with van der Waals surface area (Å²) in [7, 11) is 0. The third-order valence-corrected chi connectivity index (χ3v) is 2.66. The number of nitrogens with zero attached hydrogens (tertiary/aromatic N) is 4. The molecule has 5 nitrogen and oxygen atoms in total. The second-order valence-corrected chi connectivity index (χ2v) is 3.79. The number of hydrogen-bond donors (Lipinski definition) is 1. The average Bonchev–Trinajstić information content (AvgIpc) is 2.81. The molecule has 2 N–H and O–H groups in total. The summed E-state index contributed by atoms with van der Waals surface area (Å²) in [5.74, 6) is 0.231. The second-order valence-electron chi connectivity index (χ2n) is 3.79. The largest absolute Gasteiger partial charge is 0.324 e. The molecule has 18 heavy (non-hydrogen) atoms. The van der Waals surface area contributed by atoms with Crippen molar-refractivity contribution in [2.24, 2.45) is 5.73 Å². The summed E-state index contributed by atoms with van der Waals surface area (Å²) < 4.78 is 15.2. The number of rotatable bonds is 2. The molecule has 0 amide bonds. The normalized spacial score (nSPS) is 11.0. The lowest BCUT2D eigenvalue weighted by molar-refractivity contribution is 0.630. The highest BCUT2D eigenvalue weighted by Gasteiger charge is 2.09. The van der Waals surface area contributed by atoms with Gasteiger partial charge in [0.05, 0.1) is 12.2 Å². The van der Waals surface area contributed by atoms with E-state index >= 15 is 0 Å².